The molecule has 2 heterocycles. The number of amides is 1. The Morgan fingerprint density at radius 1 is 0.969 bits per heavy atom. The van der Waals surface area contributed by atoms with Crippen LogP contribution in [0.15, 0.2) is 77.8 Å². The van der Waals surface area contributed by atoms with Crippen molar-refractivity contribution in [2.45, 2.75) is 11.4 Å². The lowest BCUT2D eigenvalue weighted by atomic mass is 10.2. The number of nitrogens with one attached hydrogen (secondary N) is 2. The maximum atomic E-state index is 13.1. The third-order valence-corrected chi connectivity index (χ3v) is 7.26. The fourth-order valence-electron chi connectivity index (χ4n) is 3.61. The highest BCUT2D eigenvalue weighted by atomic mass is 35.5. The van der Waals surface area contributed by atoms with Gasteiger partial charge >= 0.3 is 0 Å². The molecule has 0 atom stereocenters. The summed E-state index contributed by atoms with van der Waals surface area (Å²) in [5.41, 5.74) is 1.13. The van der Waals surface area contributed by atoms with Crippen molar-refractivity contribution in [1.29, 1.82) is 0 Å². The first-order valence-electron chi connectivity index (χ1n) is 10.3. The van der Waals surface area contributed by atoms with Crippen LogP contribution in [-0.4, -0.2) is 45.4 Å². The van der Waals surface area contributed by atoms with Gasteiger partial charge in [0.1, 0.15) is 18.0 Å². The van der Waals surface area contributed by atoms with Gasteiger partial charge in [0.05, 0.1) is 24.3 Å². The Morgan fingerprint density at radius 3 is 2.38 bits per heavy atom. The molecule has 166 valence electrons. The molecule has 1 fully saturated rings. The van der Waals surface area contributed by atoms with Gasteiger partial charge in [0, 0.05) is 18.2 Å². The number of aromatic nitrogens is 1. The highest BCUT2D eigenvalue weighted by Crippen LogP contribution is 2.24. The number of carbonyl (C=O) groups is 1. The molecule has 1 aliphatic rings. The number of hydrogen-bond donors (Lipinski definition) is 1. The van der Waals surface area contributed by atoms with Gasteiger partial charge < -0.3 is 4.90 Å². The highest BCUT2D eigenvalue weighted by molar-refractivity contribution is 7.89. The molecular formula is C23H24ClN4O3S+. The summed E-state index contributed by atoms with van der Waals surface area (Å²) in [6.45, 7) is 2.58. The maximum absolute atomic E-state index is 13.1. The summed E-state index contributed by atoms with van der Waals surface area (Å²) in [5.74, 6) is 0.793. The number of pyridine rings is 1. The minimum absolute atomic E-state index is 0.0755. The number of benzene rings is 2. The van der Waals surface area contributed by atoms with Crippen molar-refractivity contribution in [2.75, 3.05) is 31.1 Å². The molecule has 1 aromatic heterocycles. The summed E-state index contributed by atoms with van der Waals surface area (Å²) < 4.78 is 28.2. The zero-order valence-electron chi connectivity index (χ0n) is 17.4. The Labute approximate surface area is 192 Å². The van der Waals surface area contributed by atoms with E-state index in [0.717, 1.165) is 11.4 Å². The number of rotatable bonds is 6. The standard InChI is InChI=1S/C23H23ClN4O3S/c24-20-10-9-19(16-21(20)32(30,31)26-17-18-6-2-1-3-7-18)23(29)28-14-12-27(13-15-28)22-8-4-5-11-25-22/h1-11,16,26H,12-15,17H2/p+1. The van der Waals surface area contributed by atoms with E-state index in [-0.39, 0.29) is 22.4 Å². The number of sulfonamides is 1. The van der Waals surface area contributed by atoms with E-state index in [2.05, 4.69) is 14.6 Å². The van der Waals surface area contributed by atoms with Crippen LogP contribution in [0.2, 0.25) is 5.02 Å². The van der Waals surface area contributed by atoms with Gasteiger partial charge in [0.15, 0.2) is 0 Å². The predicted octanol–water partition coefficient (Wildman–Crippen LogP) is 2.60. The SMILES string of the molecule is O=C(c1ccc(Cl)c(S(=O)(=O)NCc2ccccc2)c1)N1CCN(c2cccc[nH+]2)CC1. The molecule has 0 unspecified atom stereocenters. The largest absolute Gasteiger partial charge is 0.331 e. The molecule has 32 heavy (non-hydrogen) atoms. The van der Waals surface area contributed by atoms with Crippen molar-refractivity contribution >= 4 is 33.3 Å². The van der Waals surface area contributed by atoms with Gasteiger partial charge in [0.25, 0.3) is 11.7 Å². The molecule has 1 saturated heterocycles. The monoisotopic (exact) mass is 471 g/mol. The van der Waals surface area contributed by atoms with Gasteiger partial charge in [-0.2, -0.15) is 0 Å². The molecule has 3 aromatic rings. The van der Waals surface area contributed by atoms with Crippen molar-refractivity contribution in [3.05, 3.63) is 89.1 Å². The van der Waals surface area contributed by atoms with Gasteiger partial charge in [-0.3, -0.25) is 9.69 Å². The quantitative estimate of drug-likeness (QED) is 0.599. The third-order valence-electron chi connectivity index (χ3n) is 5.38. The summed E-state index contributed by atoms with van der Waals surface area (Å²) in [4.78, 5) is 20.1. The minimum atomic E-state index is -3.89. The molecule has 7 nitrogen and oxygen atoms in total. The summed E-state index contributed by atoms with van der Waals surface area (Å²) >= 11 is 6.19. The van der Waals surface area contributed by atoms with E-state index in [0.29, 0.717) is 31.7 Å². The molecule has 0 aliphatic carbocycles. The summed E-state index contributed by atoms with van der Waals surface area (Å²) in [5, 5.41) is 0.0755. The summed E-state index contributed by atoms with van der Waals surface area (Å²) in [7, 11) is -3.89. The van der Waals surface area contributed by atoms with Crippen molar-refractivity contribution < 1.29 is 18.2 Å². The Kier molecular flexibility index (Phi) is 6.74. The first-order valence-corrected chi connectivity index (χ1v) is 12.1. The predicted molar refractivity (Wildman–Crippen MR) is 123 cm³/mol. The second-order valence-electron chi connectivity index (χ2n) is 7.48. The normalized spacial score (nSPS) is 14.4. The highest BCUT2D eigenvalue weighted by Gasteiger charge is 2.28. The van der Waals surface area contributed by atoms with Gasteiger partial charge in [-0.25, -0.2) is 18.1 Å². The molecule has 9 heteroatoms. The Bertz CT molecular complexity index is 1180. The second kappa shape index (κ2) is 9.68. The minimum Gasteiger partial charge on any atom is -0.331 e. The molecule has 1 aliphatic heterocycles. The Morgan fingerprint density at radius 2 is 1.69 bits per heavy atom. The lowest BCUT2D eigenvalue weighted by Gasteiger charge is -2.31. The first kappa shape index (κ1) is 22.3. The average molecular weight is 472 g/mol. The van der Waals surface area contributed by atoms with E-state index in [9.17, 15) is 13.2 Å². The van der Waals surface area contributed by atoms with Crippen LogP contribution in [0.3, 0.4) is 0 Å². The second-order valence-corrected chi connectivity index (χ2v) is 9.62. The van der Waals surface area contributed by atoms with Crippen molar-refractivity contribution in [1.82, 2.24) is 9.62 Å². The topological polar surface area (TPSA) is 83.9 Å². The number of halogens is 1. The van der Waals surface area contributed by atoms with Crippen LogP contribution in [0.4, 0.5) is 5.82 Å². The van der Waals surface area contributed by atoms with Gasteiger partial charge in [-0.05, 0) is 29.8 Å². The van der Waals surface area contributed by atoms with Crippen LogP contribution in [-0.2, 0) is 16.6 Å². The smallest absolute Gasteiger partial charge is 0.274 e. The number of H-pyrrole nitrogens is 1. The fourth-order valence-corrected chi connectivity index (χ4v) is 5.15. The number of hydrogen-bond acceptors (Lipinski definition) is 4. The Balaban J connectivity index is 1.45. The van der Waals surface area contributed by atoms with Crippen LogP contribution in [0.5, 0.6) is 0 Å². The molecule has 2 N–H and O–H groups in total. The van der Waals surface area contributed by atoms with Gasteiger partial charge in [-0.15, -0.1) is 0 Å². The Hall–Kier alpha value is -2.94. The van der Waals surface area contributed by atoms with Crippen LogP contribution in [0.25, 0.3) is 0 Å². The molecule has 1 amide bonds. The molecule has 4 rings (SSSR count). The number of piperazine rings is 1. The first-order chi connectivity index (χ1) is 15.4. The lowest BCUT2D eigenvalue weighted by Crippen LogP contribution is -2.50. The van der Waals surface area contributed by atoms with Gasteiger partial charge in [-0.1, -0.05) is 48.0 Å². The van der Waals surface area contributed by atoms with E-state index >= 15 is 0 Å². The van der Waals surface area contributed by atoms with Crippen molar-refractivity contribution in [3.63, 3.8) is 0 Å². The van der Waals surface area contributed by atoms with Crippen molar-refractivity contribution in [2.24, 2.45) is 0 Å². The van der Waals surface area contributed by atoms with E-state index in [4.69, 9.17) is 11.6 Å². The van der Waals surface area contributed by atoms with E-state index in [1.54, 1.807) is 11.0 Å². The van der Waals surface area contributed by atoms with Crippen LogP contribution < -0.4 is 14.6 Å². The van der Waals surface area contributed by atoms with Crippen LogP contribution >= 0.6 is 11.6 Å². The summed E-state index contributed by atoms with van der Waals surface area (Å²) in [6, 6.07) is 19.5. The lowest BCUT2D eigenvalue weighted by molar-refractivity contribution is -0.364. The number of nitrogens with zero attached hydrogens (tertiary/aromatic N) is 2. The zero-order chi connectivity index (χ0) is 22.6. The fraction of sp³-hybridized carbons (Fsp3) is 0.217. The van der Waals surface area contributed by atoms with E-state index in [1.807, 2.05) is 54.7 Å². The van der Waals surface area contributed by atoms with E-state index in [1.165, 1.54) is 12.1 Å². The maximum Gasteiger partial charge on any atom is 0.274 e. The number of aromatic amines is 1. The average Bonchev–Trinajstić information content (AvgIpc) is 2.84. The third kappa shape index (κ3) is 5.09. The summed E-state index contributed by atoms with van der Waals surface area (Å²) in [6.07, 6.45) is 1.87. The number of anilines is 1. The molecule has 0 radical (unpaired) electrons. The van der Waals surface area contributed by atoms with Crippen molar-refractivity contribution in [3.8, 4) is 0 Å². The van der Waals surface area contributed by atoms with Gasteiger partial charge in [0.2, 0.25) is 10.0 Å². The van der Waals surface area contributed by atoms with Crippen LogP contribution in [0, 0.1) is 0 Å². The number of carbonyl (C=O) groups excluding carboxylic acids is 1. The van der Waals surface area contributed by atoms with E-state index < -0.39 is 10.0 Å². The molecular weight excluding hydrogens is 448 g/mol. The molecule has 2 aromatic carbocycles. The zero-order valence-corrected chi connectivity index (χ0v) is 18.9. The van der Waals surface area contributed by atoms with Crippen LogP contribution in [0.1, 0.15) is 15.9 Å². The molecule has 0 bridgehead atoms. The molecule has 0 saturated carbocycles. The molecule has 0 spiro atoms.